The van der Waals surface area contributed by atoms with Crippen molar-refractivity contribution in [2.75, 3.05) is 6.54 Å². The van der Waals surface area contributed by atoms with Crippen molar-refractivity contribution in [2.24, 2.45) is 0 Å². The number of halogens is 1. The molecule has 22 heavy (non-hydrogen) atoms. The molecule has 0 aliphatic carbocycles. The Hall–Kier alpha value is -2.89. The van der Waals surface area contributed by atoms with Crippen molar-refractivity contribution in [1.29, 1.82) is 0 Å². The molecule has 2 N–H and O–H groups in total. The summed E-state index contributed by atoms with van der Waals surface area (Å²) in [4.78, 5) is 25.5. The van der Waals surface area contributed by atoms with E-state index in [1.54, 1.807) is 18.2 Å². The highest BCUT2D eigenvalue weighted by molar-refractivity contribution is 5.94. The molecule has 0 bridgehead atoms. The van der Waals surface area contributed by atoms with Crippen molar-refractivity contribution in [3.05, 3.63) is 70.0 Å². The predicted molar refractivity (Wildman–Crippen MR) is 79.3 cm³/mol. The fourth-order valence-electron chi connectivity index (χ4n) is 2.20. The summed E-state index contributed by atoms with van der Waals surface area (Å²) in [5.74, 6) is -1.26. The molecule has 3 rings (SSSR count). The third-order valence-corrected chi connectivity index (χ3v) is 3.27. The lowest BCUT2D eigenvalue weighted by molar-refractivity contribution is 0.0953. The smallest absolute Gasteiger partial charge is 0.408 e. The fraction of sp³-hybridized carbons (Fsp3) is 0.125. The van der Waals surface area contributed by atoms with Gasteiger partial charge in [0.25, 0.3) is 5.91 Å². The lowest BCUT2D eigenvalue weighted by Gasteiger charge is -2.05. The lowest BCUT2D eigenvalue weighted by Crippen LogP contribution is -2.25. The average molecular weight is 300 g/mol. The van der Waals surface area contributed by atoms with E-state index < -0.39 is 11.6 Å². The van der Waals surface area contributed by atoms with Gasteiger partial charge in [0.2, 0.25) is 0 Å². The molecular formula is C16H13FN2O3. The van der Waals surface area contributed by atoms with Crippen molar-refractivity contribution < 1.29 is 13.6 Å². The maximum atomic E-state index is 13.0. The molecular weight excluding hydrogens is 287 g/mol. The Bertz CT molecular complexity index is 882. The molecule has 112 valence electrons. The van der Waals surface area contributed by atoms with Crippen LogP contribution in [0.4, 0.5) is 4.39 Å². The maximum absolute atomic E-state index is 13.0. The summed E-state index contributed by atoms with van der Waals surface area (Å²) in [5, 5.41) is 2.72. The number of hydrogen-bond donors (Lipinski definition) is 2. The Morgan fingerprint density at radius 2 is 2.09 bits per heavy atom. The highest BCUT2D eigenvalue weighted by Crippen LogP contribution is 2.12. The van der Waals surface area contributed by atoms with Gasteiger partial charge in [0.1, 0.15) is 5.82 Å². The molecule has 0 radical (unpaired) electrons. The molecule has 1 amide bonds. The van der Waals surface area contributed by atoms with Crippen LogP contribution in [-0.2, 0) is 6.42 Å². The number of hydrogen-bond acceptors (Lipinski definition) is 3. The van der Waals surface area contributed by atoms with Crippen molar-refractivity contribution in [3.63, 3.8) is 0 Å². The molecule has 3 aromatic rings. The van der Waals surface area contributed by atoms with Gasteiger partial charge < -0.3 is 9.73 Å². The summed E-state index contributed by atoms with van der Waals surface area (Å²) >= 11 is 0. The summed E-state index contributed by atoms with van der Waals surface area (Å²) in [7, 11) is 0. The number of carbonyl (C=O) groups is 1. The predicted octanol–water partition coefficient (Wildman–Crippen LogP) is 2.23. The van der Waals surface area contributed by atoms with E-state index in [-0.39, 0.29) is 11.5 Å². The van der Waals surface area contributed by atoms with Crippen LogP contribution in [0.2, 0.25) is 0 Å². The molecule has 0 fully saturated rings. The standard InChI is InChI=1S/C16H13FN2O3/c17-12-3-1-2-11(9-12)15(20)18-7-6-10-4-5-13-14(8-10)22-16(21)19-13/h1-5,8-9H,6-7H2,(H,18,20)(H,19,21). The largest absolute Gasteiger partial charge is 0.417 e. The van der Waals surface area contributed by atoms with Gasteiger partial charge in [-0.1, -0.05) is 12.1 Å². The van der Waals surface area contributed by atoms with Crippen molar-refractivity contribution in [1.82, 2.24) is 10.3 Å². The lowest BCUT2D eigenvalue weighted by atomic mass is 10.1. The molecule has 2 aromatic carbocycles. The third-order valence-electron chi connectivity index (χ3n) is 3.27. The number of aromatic nitrogens is 1. The second kappa shape index (κ2) is 5.85. The quantitative estimate of drug-likeness (QED) is 0.776. The highest BCUT2D eigenvalue weighted by atomic mass is 19.1. The average Bonchev–Trinajstić information content (AvgIpc) is 2.86. The number of benzene rings is 2. The summed E-state index contributed by atoms with van der Waals surface area (Å²) in [6.07, 6.45) is 0.575. The molecule has 1 heterocycles. The molecule has 0 aliphatic rings. The number of nitrogens with one attached hydrogen (secondary N) is 2. The van der Waals surface area contributed by atoms with Gasteiger partial charge in [-0.25, -0.2) is 9.18 Å². The zero-order valence-electron chi connectivity index (χ0n) is 11.6. The number of oxazole rings is 1. The van der Waals surface area contributed by atoms with E-state index in [1.807, 2.05) is 6.07 Å². The number of carbonyl (C=O) groups excluding carboxylic acids is 1. The minimum absolute atomic E-state index is 0.284. The van der Waals surface area contributed by atoms with Crippen LogP contribution in [-0.4, -0.2) is 17.4 Å². The van der Waals surface area contributed by atoms with Crippen LogP contribution >= 0.6 is 0 Å². The number of H-pyrrole nitrogens is 1. The van der Waals surface area contributed by atoms with Crippen molar-refractivity contribution in [2.45, 2.75) is 6.42 Å². The first-order valence-electron chi connectivity index (χ1n) is 6.77. The van der Waals surface area contributed by atoms with Gasteiger partial charge >= 0.3 is 5.76 Å². The highest BCUT2D eigenvalue weighted by Gasteiger charge is 2.06. The number of fused-ring (bicyclic) bond motifs is 1. The Kier molecular flexibility index (Phi) is 3.74. The minimum Gasteiger partial charge on any atom is -0.408 e. The Morgan fingerprint density at radius 1 is 1.23 bits per heavy atom. The molecule has 0 saturated carbocycles. The molecule has 5 nitrogen and oxygen atoms in total. The molecule has 0 spiro atoms. The first-order valence-corrected chi connectivity index (χ1v) is 6.77. The molecule has 0 unspecified atom stereocenters. The second-order valence-electron chi connectivity index (χ2n) is 4.86. The van der Waals surface area contributed by atoms with E-state index >= 15 is 0 Å². The van der Waals surface area contributed by atoms with E-state index in [4.69, 9.17) is 4.42 Å². The zero-order chi connectivity index (χ0) is 15.5. The second-order valence-corrected chi connectivity index (χ2v) is 4.86. The molecule has 1 aromatic heterocycles. The van der Waals surface area contributed by atoms with Gasteiger partial charge in [-0.3, -0.25) is 9.78 Å². The summed E-state index contributed by atoms with van der Waals surface area (Å²) in [6, 6.07) is 10.9. The third kappa shape index (κ3) is 3.06. The van der Waals surface area contributed by atoms with Crippen LogP contribution in [0.5, 0.6) is 0 Å². The van der Waals surface area contributed by atoms with E-state index in [1.165, 1.54) is 18.2 Å². The Morgan fingerprint density at radius 3 is 2.91 bits per heavy atom. The summed E-state index contributed by atoms with van der Waals surface area (Å²) < 4.78 is 18.0. The Balaban J connectivity index is 1.62. The van der Waals surface area contributed by atoms with Crippen molar-refractivity contribution in [3.8, 4) is 0 Å². The minimum atomic E-state index is -0.494. The number of rotatable bonds is 4. The van der Waals surface area contributed by atoms with E-state index in [2.05, 4.69) is 10.3 Å². The van der Waals surface area contributed by atoms with Gasteiger partial charge in [-0.05, 0) is 42.3 Å². The van der Waals surface area contributed by atoms with Gasteiger partial charge in [0.15, 0.2) is 5.58 Å². The van der Waals surface area contributed by atoms with E-state index in [0.29, 0.717) is 24.1 Å². The van der Waals surface area contributed by atoms with Crippen LogP contribution in [0.3, 0.4) is 0 Å². The topological polar surface area (TPSA) is 75.1 Å². The van der Waals surface area contributed by atoms with E-state index in [9.17, 15) is 14.0 Å². The van der Waals surface area contributed by atoms with Crippen LogP contribution in [0.25, 0.3) is 11.1 Å². The van der Waals surface area contributed by atoms with Gasteiger partial charge in [-0.15, -0.1) is 0 Å². The summed E-state index contributed by atoms with van der Waals surface area (Å²) in [5.41, 5.74) is 2.33. The molecule has 6 heteroatoms. The van der Waals surface area contributed by atoms with Gasteiger partial charge in [0.05, 0.1) is 5.52 Å². The first-order chi connectivity index (χ1) is 10.6. The SMILES string of the molecule is O=C(NCCc1ccc2[nH]c(=O)oc2c1)c1cccc(F)c1. The molecule has 0 saturated heterocycles. The molecule has 0 atom stereocenters. The van der Waals surface area contributed by atoms with Crippen molar-refractivity contribution >= 4 is 17.0 Å². The van der Waals surface area contributed by atoms with Crippen LogP contribution in [0.1, 0.15) is 15.9 Å². The fourth-order valence-corrected chi connectivity index (χ4v) is 2.20. The van der Waals surface area contributed by atoms with Crippen LogP contribution < -0.4 is 11.1 Å². The van der Waals surface area contributed by atoms with Crippen LogP contribution in [0.15, 0.2) is 51.7 Å². The van der Waals surface area contributed by atoms with E-state index in [0.717, 1.165) is 5.56 Å². The Labute approximate surface area is 124 Å². The zero-order valence-corrected chi connectivity index (χ0v) is 11.6. The first kappa shape index (κ1) is 14.1. The number of amides is 1. The maximum Gasteiger partial charge on any atom is 0.417 e. The monoisotopic (exact) mass is 300 g/mol. The normalized spacial score (nSPS) is 10.8. The number of aromatic amines is 1. The van der Waals surface area contributed by atoms with Gasteiger partial charge in [0, 0.05) is 12.1 Å². The van der Waals surface area contributed by atoms with Gasteiger partial charge in [-0.2, -0.15) is 0 Å². The summed E-state index contributed by atoms with van der Waals surface area (Å²) in [6.45, 7) is 0.398. The molecule has 0 aliphatic heterocycles. The van der Waals surface area contributed by atoms with Crippen LogP contribution in [0, 0.1) is 5.82 Å².